The summed E-state index contributed by atoms with van der Waals surface area (Å²) in [4.78, 5) is 12.3. The summed E-state index contributed by atoms with van der Waals surface area (Å²) in [6, 6.07) is 35.2. The van der Waals surface area contributed by atoms with E-state index in [1.165, 1.54) is 16.7 Å². The molecule has 4 rings (SSSR count). The van der Waals surface area contributed by atoms with Crippen molar-refractivity contribution >= 4 is 19.7 Å². The Morgan fingerprint density at radius 3 is 2.06 bits per heavy atom. The molecule has 34 heavy (non-hydrogen) atoms. The lowest BCUT2D eigenvalue weighted by molar-refractivity contribution is 0.101. The molecule has 0 fully saturated rings. The number of carbonyl (C=O) groups excluding carboxylic acids is 1. The van der Waals surface area contributed by atoms with Crippen LogP contribution in [0.4, 0.5) is 0 Å². The zero-order valence-electron chi connectivity index (χ0n) is 20.0. The Kier molecular flexibility index (Phi) is 7.60. The number of Topliss-reactive ketones (excluding diaryl/α,β-unsaturated/α-hetero) is 1. The van der Waals surface area contributed by atoms with Crippen molar-refractivity contribution in [3.8, 4) is 5.75 Å². The maximum Gasteiger partial charge on any atom is 0.160 e. The molecule has 0 amide bonds. The van der Waals surface area contributed by atoms with Crippen molar-refractivity contribution < 1.29 is 9.53 Å². The Hall–Kier alpha value is -3.22. The van der Waals surface area contributed by atoms with Crippen molar-refractivity contribution in [2.75, 3.05) is 0 Å². The third-order valence-corrected chi connectivity index (χ3v) is 7.59. The first-order valence-corrected chi connectivity index (χ1v) is 12.7. The van der Waals surface area contributed by atoms with Gasteiger partial charge in [-0.3, -0.25) is 4.79 Å². The fourth-order valence-electron chi connectivity index (χ4n) is 4.24. The van der Waals surface area contributed by atoms with Crippen LogP contribution in [0.25, 0.3) is 0 Å². The minimum absolute atomic E-state index is 0.109. The zero-order chi connectivity index (χ0) is 24.0. The molecule has 4 aromatic carbocycles. The first-order valence-electron chi connectivity index (χ1n) is 11.7. The van der Waals surface area contributed by atoms with Gasteiger partial charge >= 0.3 is 0 Å². The van der Waals surface area contributed by atoms with E-state index in [9.17, 15) is 4.79 Å². The van der Waals surface area contributed by atoms with Crippen LogP contribution >= 0.6 is 8.58 Å². The third-order valence-electron chi connectivity index (χ3n) is 5.99. The largest absolute Gasteiger partial charge is 0.488 e. The number of para-hydroxylation sites is 1. The fraction of sp³-hybridized carbons (Fsp3) is 0.194. The van der Waals surface area contributed by atoms with E-state index >= 15 is 0 Å². The average Bonchev–Trinajstić information content (AvgIpc) is 2.84. The molecule has 0 aliphatic carbocycles. The Morgan fingerprint density at radius 1 is 0.765 bits per heavy atom. The van der Waals surface area contributed by atoms with Gasteiger partial charge in [-0.15, -0.1) is 0 Å². The minimum atomic E-state index is -0.204. The summed E-state index contributed by atoms with van der Waals surface area (Å²) < 4.78 is 6.57. The van der Waals surface area contributed by atoms with Crippen molar-refractivity contribution in [2.24, 2.45) is 0 Å². The second-order valence-corrected chi connectivity index (χ2v) is 11.1. The Labute approximate surface area is 204 Å². The molecule has 172 valence electrons. The Morgan fingerprint density at radius 2 is 1.38 bits per heavy atom. The highest BCUT2D eigenvalue weighted by atomic mass is 31.1. The first-order chi connectivity index (χ1) is 16.4. The lowest BCUT2D eigenvalue weighted by atomic mass is 9.95. The van der Waals surface area contributed by atoms with Crippen LogP contribution in [0.2, 0.25) is 0 Å². The summed E-state index contributed by atoms with van der Waals surface area (Å²) >= 11 is 0. The van der Waals surface area contributed by atoms with Crippen LogP contribution < -0.4 is 10.0 Å². The van der Waals surface area contributed by atoms with E-state index in [1.54, 1.807) is 6.92 Å². The molecular formula is C31H31O2P. The van der Waals surface area contributed by atoms with E-state index < -0.39 is 0 Å². The predicted molar refractivity (Wildman–Crippen MR) is 144 cm³/mol. The smallest absolute Gasteiger partial charge is 0.160 e. The summed E-state index contributed by atoms with van der Waals surface area (Å²) in [6.07, 6.45) is 0.808. The van der Waals surface area contributed by atoms with Gasteiger partial charge in [-0.05, 0) is 28.9 Å². The molecule has 3 heteroatoms. The van der Waals surface area contributed by atoms with Crippen molar-refractivity contribution in [1.82, 2.24) is 0 Å². The van der Waals surface area contributed by atoms with E-state index in [1.807, 2.05) is 42.5 Å². The van der Waals surface area contributed by atoms with Crippen molar-refractivity contribution in [3.63, 3.8) is 0 Å². The number of carbonyl (C=O) groups is 1. The van der Waals surface area contributed by atoms with Gasteiger partial charge in [0.2, 0.25) is 0 Å². The van der Waals surface area contributed by atoms with Gasteiger partial charge in [0.15, 0.2) is 5.78 Å². The molecule has 0 bridgehead atoms. The fourth-order valence-corrected chi connectivity index (χ4v) is 5.81. The van der Waals surface area contributed by atoms with E-state index in [-0.39, 0.29) is 10.9 Å². The van der Waals surface area contributed by atoms with Crippen molar-refractivity contribution in [2.45, 2.75) is 39.0 Å². The molecule has 1 unspecified atom stereocenters. The van der Waals surface area contributed by atoms with Gasteiger partial charge in [0.05, 0.1) is 0 Å². The van der Waals surface area contributed by atoms with E-state index in [0.29, 0.717) is 15.2 Å². The topological polar surface area (TPSA) is 26.3 Å². The van der Waals surface area contributed by atoms with Crippen molar-refractivity contribution in [1.29, 1.82) is 0 Å². The standard InChI is InChI=1S/C31H31O2P/c1-23(32)27-18-10-11-20-29(27)34-31(2,3)28-19-12-17-26(21-24-13-6-4-7-14-24)30(28)33-22-25-15-8-5-9-16-25/h4-20,34H,21-22H2,1-3H3. The molecule has 0 aliphatic heterocycles. The normalized spacial score (nSPS) is 11.6. The van der Waals surface area contributed by atoms with Gasteiger partial charge in [0.25, 0.3) is 0 Å². The van der Waals surface area contributed by atoms with E-state index in [2.05, 4.69) is 74.5 Å². The number of rotatable bonds is 9. The SMILES string of the molecule is CC(=O)c1ccccc1PC(C)(C)c1cccc(Cc2ccccc2)c1OCc1ccccc1. The molecule has 0 radical (unpaired) electrons. The van der Waals surface area contributed by atoms with Crippen molar-refractivity contribution in [3.05, 3.63) is 131 Å². The highest BCUT2D eigenvalue weighted by Gasteiger charge is 2.28. The van der Waals surface area contributed by atoms with Gasteiger partial charge in [-0.2, -0.15) is 0 Å². The molecule has 0 aromatic heterocycles. The van der Waals surface area contributed by atoms with Crippen LogP contribution in [0.3, 0.4) is 0 Å². The van der Waals surface area contributed by atoms with Crippen LogP contribution in [-0.4, -0.2) is 5.78 Å². The lowest BCUT2D eigenvalue weighted by Crippen LogP contribution is -2.20. The summed E-state index contributed by atoms with van der Waals surface area (Å²) in [5.74, 6) is 1.06. The van der Waals surface area contributed by atoms with E-state index in [0.717, 1.165) is 28.6 Å². The summed E-state index contributed by atoms with van der Waals surface area (Å²) in [5.41, 5.74) is 5.56. The number of hydrogen-bond acceptors (Lipinski definition) is 2. The number of ether oxygens (including phenoxy) is 1. The molecule has 1 atom stereocenters. The molecule has 0 spiro atoms. The zero-order valence-corrected chi connectivity index (χ0v) is 21.0. The van der Waals surface area contributed by atoms with Gasteiger partial charge in [0, 0.05) is 22.7 Å². The first kappa shape index (κ1) is 23.9. The highest BCUT2D eigenvalue weighted by molar-refractivity contribution is 7.48. The number of benzene rings is 4. The summed E-state index contributed by atoms with van der Waals surface area (Å²) in [6.45, 7) is 6.66. The Bertz CT molecular complexity index is 1250. The van der Waals surface area contributed by atoms with Gasteiger partial charge in [0.1, 0.15) is 12.4 Å². The van der Waals surface area contributed by atoms with Crippen LogP contribution in [0.5, 0.6) is 5.75 Å². The second kappa shape index (κ2) is 10.8. The van der Waals surface area contributed by atoms with Gasteiger partial charge in [-0.25, -0.2) is 0 Å². The average molecular weight is 467 g/mol. The molecule has 0 heterocycles. The maximum absolute atomic E-state index is 12.3. The van der Waals surface area contributed by atoms with Gasteiger partial charge in [-0.1, -0.05) is 126 Å². The van der Waals surface area contributed by atoms with Gasteiger partial charge < -0.3 is 4.74 Å². The second-order valence-electron chi connectivity index (χ2n) is 9.08. The summed E-state index contributed by atoms with van der Waals surface area (Å²) in [5, 5.41) is 0.895. The molecule has 0 saturated carbocycles. The van der Waals surface area contributed by atoms with Crippen LogP contribution in [0.1, 0.15) is 53.4 Å². The predicted octanol–water partition coefficient (Wildman–Crippen LogP) is 7.30. The number of hydrogen-bond donors (Lipinski definition) is 0. The monoisotopic (exact) mass is 466 g/mol. The molecule has 0 N–H and O–H groups in total. The molecule has 2 nitrogen and oxygen atoms in total. The number of ketones is 1. The molecule has 4 aromatic rings. The molecule has 0 aliphatic rings. The lowest BCUT2D eigenvalue weighted by Gasteiger charge is -2.30. The Balaban J connectivity index is 1.72. The maximum atomic E-state index is 12.3. The van der Waals surface area contributed by atoms with Crippen LogP contribution in [-0.2, 0) is 18.2 Å². The third kappa shape index (κ3) is 5.82. The minimum Gasteiger partial charge on any atom is -0.488 e. The summed E-state index contributed by atoms with van der Waals surface area (Å²) in [7, 11) is 0.431. The highest BCUT2D eigenvalue weighted by Crippen LogP contribution is 2.46. The molecular weight excluding hydrogens is 435 g/mol. The van der Waals surface area contributed by atoms with Crippen LogP contribution in [0.15, 0.2) is 103 Å². The quantitative estimate of drug-likeness (QED) is 0.191. The van der Waals surface area contributed by atoms with Crippen LogP contribution in [0, 0.1) is 0 Å². The molecule has 0 saturated heterocycles. The van der Waals surface area contributed by atoms with E-state index in [4.69, 9.17) is 4.74 Å².